The first-order valence-corrected chi connectivity index (χ1v) is 8.72. The highest BCUT2D eigenvalue weighted by Gasteiger charge is 2.12. The summed E-state index contributed by atoms with van der Waals surface area (Å²) in [6.45, 7) is 4.27. The second-order valence-electron chi connectivity index (χ2n) is 6.33. The summed E-state index contributed by atoms with van der Waals surface area (Å²) in [7, 11) is 1.56. The molecule has 3 rings (SSSR count). The number of hydrogen-bond donors (Lipinski definition) is 2. The molecule has 1 aromatic heterocycles. The molecule has 0 atom stereocenters. The molecule has 0 fully saturated rings. The Bertz CT molecular complexity index is 923. The number of amides is 1. The number of hydrogen-bond acceptors (Lipinski definition) is 5. The van der Waals surface area contributed by atoms with Gasteiger partial charge in [0, 0.05) is 5.69 Å². The van der Waals surface area contributed by atoms with Gasteiger partial charge in [-0.15, -0.1) is 10.2 Å². The number of ether oxygens (including phenoxy) is 1. The van der Waals surface area contributed by atoms with E-state index in [4.69, 9.17) is 4.74 Å². The Morgan fingerprint density at radius 3 is 2.30 bits per heavy atom. The van der Waals surface area contributed by atoms with Gasteiger partial charge in [-0.25, -0.2) is 0 Å². The Balaban J connectivity index is 1.73. The van der Waals surface area contributed by atoms with E-state index in [2.05, 4.69) is 40.7 Å². The van der Waals surface area contributed by atoms with Crippen molar-refractivity contribution in [3.8, 4) is 5.75 Å². The van der Waals surface area contributed by atoms with Gasteiger partial charge < -0.3 is 15.4 Å². The Kier molecular flexibility index (Phi) is 5.66. The molecule has 6 heteroatoms. The van der Waals surface area contributed by atoms with Crippen LogP contribution in [0.15, 0.2) is 60.7 Å². The standard InChI is InChI=1S/C21H22N4O2/c1-14(2)15-8-4-5-9-16(15)22-20-13-12-18(24-25-20)21(26)23-17-10-6-7-11-19(17)27-3/h4-14H,1-3H3,(H,22,25)(H,23,26). The highest BCUT2D eigenvalue weighted by atomic mass is 16.5. The summed E-state index contributed by atoms with van der Waals surface area (Å²) in [6.07, 6.45) is 0. The first-order valence-electron chi connectivity index (χ1n) is 8.72. The quantitative estimate of drug-likeness (QED) is 0.670. The van der Waals surface area contributed by atoms with E-state index < -0.39 is 0 Å². The number of carbonyl (C=O) groups excluding carboxylic acids is 1. The van der Waals surface area contributed by atoms with E-state index in [1.807, 2.05) is 30.3 Å². The number of nitrogens with zero attached hydrogens (tertiary/aromatic N) is 2. The van der Waals surface area contributed by atoms with E-state index in [-0.39, 0.29) is 11.6 Å². The molecule has 27 heavy (non-hydrogen) atoms. The summed E-state index contributed by atoms with van der Waals surface area (Å²) in [5.41, 5.74) is 2.98. The average molecular weight is 362 g/mol. The predicted octanol–water partition coefficient (Wildman–Crippen LogP) is 4.60. The van der Waals surface area contributed by atoms with Crippen molar-refractivity contribution in [2.45, 2.75) is 19.8 Å². The fourth-order valence-electron chi connectivity index (χ4n) is 2.71. The lowest BCUT2D eigenvalue weighted by Gasteiger charge is -2.14. The molecule has 0 bridgehead atoms. The van der Waals surface area contributed by atoms with Crippen LogP contribution in [0.1, 0.15) is 35.8 Å². The van der Waals surface area contributed by atoms with Crippen molar-refractivity contribution in [3.63, 3.8) is 0 Å². The van der Waals surface area contributed by atoms with Crippen LogP contribution in [0, 0.1) is 0 Å². The number of carbonyl (C=O) groups is 1. The third-order valence-corrected chi connectivity index (χ3v) is 4.10. The molecule has 0 saturated heterocycles. The first kappa shape index (κ1) is 18.4. The van der Waals surface area contributed by atoms with Gasteiger partial charge >= 0.3 is 0 Å². The summed E-state index contributed by atoms with van der Waals surface area (Å²) >= 11 is 0. The van der Waals surface area contributed by atoms with Crippen molar-refractivity contribution in [2.24, 2.45) is 0 Å². The second-order valence-corrected chi connectivity index (χ2v) is 6.33. The number of rotatable bonds is 6. The van der Waals surface area contributed by atoms with Crippen LogP contribution in [-0.4, -0.2) is 23.2 Å². The highest BCUT2D eigenvalue weighted by Crippen LogP contribution is 2.26. The molecule has 0 radical (unpaired) electrons. The summed E-state index contributed by atoms with van der Waals surface area (Å²) in [5, 5.41) is 14.2. The Hall–Kier alpha value is -3.41. The van der Waals surface area contributed by atoms with E-state index in [9.17, 15) is 4.79 Å². The molecular weight excluding hydrogens is 340 g/mol. The summed E-state index contributed by atoms with van der Waals surface area (Å²) < 4.78 is 5.24. The molecule has 2 aromatic carbocycles. The molecule has 2 N–H and O–H groups in total. The second kappa shape index (κ2) is 8.31. The summed E-state index contributed by atoms with van der Waals surface area (Å²) in [5.74, 6) is 1.20. The van der Waals surface area contributed by atoms with Crippen molar-refractivity contribution in [1.82, 2.24) is 10.2 Å². The number of aromatic nitrogens is 2. The Labute approximate surface area is 158 Å². The minimum Gasteiger partial charge on any atom is -0.495 e. The molecule has 3 aromatic rings. The molecular formula is C21H22N4O2. The van der Waals surface area contributed by atoms with Crippen LogP contribution < -0.4 is 15.4 Å². The van der Waals surface area contributed by atoms with E-state index in [0.717, 1.165) is 5.69 Å². The monoisotopic (exact) mass is 362 g/mol. The van der Waals surface area contributed by atoms with Crippen LogP contribution in [-0.2, 0) is 0 Å². The van der Waals surface area contributed by atoms with Crippen molar-refractivity contribution in [2.75, 3.05) is 17.7 Å². The van der Waals surface area contributed by atoms with Gasteiger partial charge in [0.1, 0.15) is 5.75 Å². The van der Waals surface area contributed by atoms with Gasteiger partial charge in [-0.1, -0.05) is 44.2 Å². The van der Waals surface area contributed by atoms with Crippen molar-refractivity contribution >= 4 is 23.1 Å². The molecule has 1 heterocycles. The molecule has 0 aliphatic rings. The normalized spacial score (nSPS) is 10.5. The molecule has 0 aliphatic carbocycles. The maximum absolute atomic E-state index is 12.4. The zero-order valence-corrected chi connectivity index (χ0v) is 15.6. The van der Waals surface area contributed by atoms with Crippen LogP contribution in [0.2, 0.25) is 0 Å². The molecule has 6 nitrogen and oxygen atoms in total. The largest absolute Gasteiger partial charge is 0.495 e. The molecule has 138 valence electrons. The lowest BCUT2D eigenvalue weighted by molar-refractivity contribution is 0.102. The highest BCUT2D eigenvalue weighted by molar-refractivity contribution is 6.03. The molecule has 1 amide bonds. The van der Waals surface area contributed by atoms with Gasteiger partial charge in [0.05, 0.1) is 12.8 Å². The number of benzene rings is 2. The smallest absolute Gasteiger partial charge is 0.276 e. The first-order chi connectivity index (χ1) is 13.1. The van der Waals surface area contributed by atoms with Crippen LogP contribution in [0.4, 0.5) is 17.2 Å². The van der Waals surface area contributed by atoms with Crippen LogP contribution in [0.3, 0.4) is 0 Å². The third kappa shape index (κ3) is 4.41. The third-order valence-electron chi connectivity index (χ3n) is 4.10. The molecule has 0 saturated carbocycles. The van der Waals surface area contributed by atoms with Gasteiger partial charge in [-0.3, -0.25) is 4.79 Å². The van der Waals surface area contributed by atoms with Gasteiger partial charge in [0.25, 0.3) is 5.91 Å². The van der Waals surface area contributed by atoms with Crippen molar-refractivity contribution in [1.29, 1.82) is 0 Å². The van der Waals surface area contributed by atoms with Gasteiger partial charge in [0.2, 0.25) is 0 Å². The minimum atomic E-state index is -0.346. The lowest BCUT2D eigenvalue weighted by atomic mass is 10.0. The van der Waals surface area contributed by atoms with E-state index >= 15 is 0 Å². The van der Waals surface area contributed by atoms with Gasteiger partial charge in [-0.2, -0.15) is 0 Å². The Morgan fingerprint density at radius 1 is 0.926 bits per heavy atom. The fraction of sp³-hybridized carbons (Fsp3) is 0.190. The zero-order valence-electron chi connectivity index (χ0n) is 15.6. The molecule has 0 aliphatic heterocycles. The van der Waals surface area contributed by atoms with Crippen molar-refractivity contribution < 1.29 is 9.53 Å². The predicted molar refractivity (Wildman–Crippen MR) is 107 cm³/mol. The molecule has 0 spiro atoms. The van der Waals surface area contributed by atoms with E-state index in [1.54, 1.807) is 31.4 Å². The zero-order chi connectivity index (χ0) is 19.2. The molecule has 0 unspecified atom stereocenters. The van der Waals surface area contributed by atoms with Gasteiger partial charge in [-0.05, 0) is 41.8 Å². The average Bonchev–Trinajstić information content (AvgIpc) is 2.69. The maximum Gasteiger partial charge on any atom is 0.276 e. The fourth-order valence-corrected chi connectivity index (χ4v) is 2.71. The van der Waals surface area contributed by atoms with Gasteiger partial charge in [0.15, 0.2) is 11.5 Å². The lowest BCUT2D eigenvalue weighted by Crippen LogP contribution is -2.15. The summed E-state index contributed by atoms with van der Waals surface area (Å²) in [6, 6.07) is 18.6. The van der Waals surface area contributed by atoms with E-state index in [0.29, 0.717) is 23.2 Å². The SMILES string of the molecule is COc1ccccc1NC(=O)c1ccc(Nc2ccccc2C(C)C)nn1. The van der Waals surface area contributed by atoms with Crippen LogP contribution >= 0.6 is 0 Å². The summed E-state index contributed by atoms with van der Waals surface area (Å²) in [4.78, 5) is 12.4. The number of anilines is 3. The van der Waals surface area contributed by atoms with E-state index in [1.165, 1.54) is 5.56 Å². The minimum absolute atomic E-state index is 0.226. The Morgan fingerprint density at radius 2 is 1.63 bits per heavy atom. The van der Waals surface area contributed by atoms with Crippen molar-refractivity contribution in [3.05, 3.63) is 71.9 Å². The van der Waals surface area contributed by atoms with Crippen LogP contribution in [0.5, 0.6) is 5.75 Å². The topological polar surface area (TPSA) is 76.1 Å². The maximum atomic E-state index is 12.4. The number of nitrogens with one attached hydrogen (secondary N) is 2. The number of para-hydroxylation sites is 3. The van der Waals surface area contributed by atoms with Crippen LogP contribution in [0.25, 0.3) is 0 Å². The number of methoxy groups -OCH3 is 1.